The van der Waals surface area contributed by atoms with Gasteiger partial charge in [-0.2, -0.15) is 0 Å². The molecule has 5 nitrogen and oxygen atoms in total. The molecular weight excluding hydrogens is 218 g/mol. The maximum atomic E-state index is 5.36. The summed E-state index contributed by atoms with van der Waals surface area (Å²) in [5.41, 5.74) is 0.977. The average Bonchev–Trinajstić information content (AvgIpc) is 2.33. The summed E-state index contributed by atoms with van der Waals surface area (Å²) in [6.07, 6.45) is 3.84. The van der Waals surface area contributed by atoms with Crippen molar-refractivity contribution in [1.82, 2.24) is 9.97 Å². The van der Waals surface area contributed by atoms with Crippen molar-refractivity contribution in [3.8, 4) is 0 Å². The van der Waals surface area contributed by atoms with Gasteiger partial charge in [-0.3, -0.25) is 0 Å². The Hall–Kier alpha value is -1.20. The normalized spacial score (nSPS) is 10.5. The monoisotopic (exact) mass is 239 g/mol. The number of nitrogens with one attached hydrogen (secondary N) is 1. The number of unbranched alkanes of at least 4 members (excludes halogenated alkanes) is 1. The van der Waals surface area contributed by atoms with Gasteiger partial charge in [-0.05, 0) is 25.8 Å². The van der Waals surface area contributed by atoms with Crippen LogP contribution < -0.4 is 5.32 Å². The minimum absolute atomic E-state index is 0.662. The molecule has 0 atom stereocenters. The number of aryl methyl sites for hydroxylation is 1. The molecule has 0 aliphatic rings. The highest BCUT2D eigenvalue weighted by Gasteiger charge is 1.95. The maximum absolute atomic E-state index is 5.36. The van der Waals surface area contributed by atoms with Gasteiger partial charge in [0.2, 0.25) is 5.95 Å². The second-order valence-corrected chi connectivity index (χ2v) is 3.76. The molecule has 0 aromatic carbocycles. The Labute approximate surface area is 103 Å². The van der Waals surface area contributed by atoms with Crippen LogP contribution in [0.15, 0.2) is 12.3 Å². The fourth-order valence-corrected chi connectivity index (χ4v) is 1.31. The summed E-state index contributed by atoms with van der Waals surface area (Å²) in [5.74, 6) is 0.699. The van der Waals surface area contributed by atoms with Gasteiger partial charge in [0, 0.05) is 32.2 Å². The summed E-state index contributed by atoms with van der Waals surface area (Å²) < 4.78 is 10.2. The van der Waals surface area contributed by atoms with Crippen molar-refractivity contribution in [2.75, 3.05) is 38.8 Å². The summed E-state index contributed by atoms with van der Waals surface area (Å²) in [6, 6.07) is 1.88. The summed E-state index contributed by atoms with van der Waals surface area (Å²) in [5, 5.41) is 3.19. The van der Waals surface area contributed by atoms with Gasteiger partial charge in [0.1, 0.15) is 0 Å². The van der Waals surface area contributed by atoms with E-state index >= 15 is 0 Å². The quantitative estimate of drug-likeness (QED) is 0.664. The third-order valence-electron chi connectivity index (χ3n) is 2.23. The second-order valence-electron chi connectivity index (χ2n) is 3.76. The standard InChI is InChI=1S/C12H21N3O2/c1-11-5-7-14-12(15-11)13-6-3-4-8-17-10-9-16-2/h5,7H,3-4,6,8-10H2,1-2H3,(H,13,14,15). The predicted octanol–water partition coefficient (Wildman–Crippen LogP) is 1.64. The van der Waals surface area contributed by atoms with Gasteiger partial charge in [-0.1, -0.05) is 0 Å². The van der Waals surface area contributed by atoms with Crippen LogP contribution in [0.1, 0.15) is 18.5 Å². The van der Waals surface area contributed by atoms with E-state index in [1.54, 1.807) is 13.3 Å². The predicted molar refractivity (Wildman–Crippen MR) is 67.2 cm³/mol. The molecule has 0 aliphatic carbocycles. The van der Waals surface area contributed by atoms with Crippen LogP contribution in [0.2, 0.25) is 0 Å². The zero-order valence-electron chi connectivity index (χ0n) is 10.6. The molecule has 1 N–H and O–H groups in total. The number of methoxy groups -OCH3 is 1. The highest BCUT2D eigenvalue weighted by Crippen LogP contribution is 1.99. The van der Waals surface area contributed by atoms with Crippen LogP contribution in [0.25, 0.3) is 0 Å². The minimum Gasteiger partial charge on any atom is -0.382 e. The van der Waals surface area contributed by atoms with E-state index in [2.05, 4.69) is 15.3 Å². The Morgan fingerprint density at radius 1 is 1.24 bits per heavy atom. The molecule has 1 aromatic rings. The zero-order valence-corrected chi connectivity index (χ0v) is 10.6. The molecule has 96 valence electrons. The molecule has 1 rings (SSSR count). The lowest BCUT2D eigenvalue weighted by Gasteiger charge is -2.05. The third kappa shape index (κ3) is 6.86. The van der Waals surface area contributed by atoms with E-state index in [0.717, 1.165) is 31.7 Å². The molecule has 0 saturated carbocycles. The molecule has 0 saturated heterocycles. The van der Waals surface area contributed by atoms with E-state index in [-0.39, 0.29) is 0 Å². The Bertz CT molecular complexity index is 308. The van der Waals surface area contributed by atoms with Crippen LogP contribution in [0.3, 0.4) is 0 Å². The highest BCUT2D eigenvalue weighted by molar-refractivity contribution is 5.24. The first-order valence-corrected chi connectivity index (χ1v) is 5.93. The smallest absolute Gasteiger partial charge is 0.222 e. The molecule has 5 heteroatoms. The molecule has 17 heavy (non-hydrogen) atoms. The molecule has 0 amide bonds. The first kappa shape index (κ1) is 13.9. The number of rotatable bonds is 9. The molecule has 1 heterocycles. The Morgan fingerprint density at radius 2 is 2.12 bits per heavy atom. The SMILES string of the molecule is COCCOCCCCNc1nccc(C)n1. The van der Waals surface area contributed by atoms with Crippen LogP contribution in [0.5, 0.6) is 0 Å². The van der Waals surface area contributed by atoms with Gasteiger partial charge < -0.3 is 14.8 Å². The van der Waals surface area contributed by atoms with E-state index in [1.807, 2.05) is 13.0 Å². The number of aromatic nitrogens is 2. The van der Waals surface area contributed by atoms with Crippen molar-refractivity contribution < 1.29 is 9.47 Å². The van der Waals surface area contributed by atoms with Gasteiger partial charge >= 0.3 is 0 Å². The van der Waals surface area contributed by atoms with Crippen LogP contribution in [-0.4, -0.2) is 43.4 Å². The van der Waals surface area contributed by atoms with Gasteiger partial charge in [0.15, 0.2) is 0 Å². The van der Waals surface area contributed by atoms with Crippen LogP contribution in [0.4, 0.5) is 5.95 Å². The van der Waals surface area contributed by atoms with Crippen LogP contribution in [-0.2, 0) is 9.47 Å². The van der Waals surface area contributed by atoms with E-state index in [1.165, 1.54) is 0 Å². The molecule has 0 fully saturated rings. The molecule has 1 aromatic heterocycles. The lowest BCUT2D eigenvalue weighted by molar-refractivity contribution is 0.0691. The van der Waals surface area contributed by atoms with E-state index in [0.29, 0.717) is 19.2 Å². The van der Waals surface area contributed by atoms with Crippen molar-refractivity contribution >= 4 is 5.95 Å². The maximum Gasteiger partial charge on any atom is 0.222 e. The summed E-state index contributed by atoms with van der Waals surface area (Å²) in [4.78, 5) is 8.39. The summed E-state index contributed by atoms with van der Waals surface area (Å²) >= 11 is 0. The van der Waals surface area contributed by atoms with Gasteiger partial charge in [0.25, 0.3) is 0 Å². The van der Waals surface area contributed by atoms with E-state index in [4.69, 9.17) is 9.47 Å². The molecule has 0 unspecified atom stereocenters. The van der Waals surface area contributed by atoms with Crippen molar-refractivity contribution in [3.05, 3.63) is 18.0 Å². The highest BCUT2D eigenvalue weighted by atomic mass is 16.5. The Kier molecular flexibility index (Phi) is 7.25. The first-order valence-electron chi connectivity index (χ1n) is 5.93. The van der Waals surface area contributed by atoms with Crippen molar-refractivity contribution in [2.24, 2.45) is 0 Å². The number of anilines is 1. The second kappa shape index (κ2) is 8.90. The number of hydrogen-bond donors (Lipinski definition) is 1. The van der Waals surface area contributed by atoms with Gasteiger partial charge in [-0.15, -0.1) is 0 Å². The lowest BCUT2D eigenvalue weighted by atomic mass is 10.3. The van der Waals surface area contributed by atoms with Gasteiger partial charge in [-0.25, -0.2) is 9.97 Å². The average molecular weight is 239 g/mol. The largest absolute Gasteiger partial charge is 0.382 e. The molecule has 0 radical (unpaired) electrons. The fourth-order valence-electron chi connectivity index (χ4n) is 1.31. The summed E-state index contributed by atoms with van der Waals surface area (Å²) in [6.45, 7) is 4.94. The van der Waals surface area contributed by atoms with Crippen molar-refractivity contribution in [2.45, 2.75) is 19.8 Å². The van der Waals surface area contributed by atoms with Crippen LogP contribution >= 0.6 is 0 Å². The first-order chi connectivity index (χ1) is 8.33. The van der Waals surface area contributed by atoms with E-state index in [9.17, 15) is 0 Å². The van der Waals surface area contributed by atoms with Gasteiger partial charge in [0.05, 0.1) is 13.2 Å². The Balaban J connectivity index is 1.97. The number of hydrogen-bond acceptors (Lipinski definition) is 5. The zero-order chi connectivity index (χ0) is 12.3. The van der Waals surface area contributed by atoms with E-state index < -0.39 is 0 Å². The van der Waals surface area contributed by atoms with Crippen LogP contribution in [0, 0.1) is 6.92 Å². The number of nitrogens with zero attached hydrogens (tertiary/aromatic N) is 2. The molecule has 0 spiro atoms. The summed E-state index contributed by atoms with van der Waals surface area (Å²) in [7, 11) is 1.68. The molecular formula is C12H21N3O2. The minimum atomic E-state index is 0.662. The lowest BCUT2D eigenvalue weighted by Crippen LogP contribution is -2.08. The molecule has 0 bridgehead atoms. The fraction of sp³-hybridized carbons (Fsp3) is 0.667. The Morgan fingerprint density at radius 3 is 2.88 bits per heavy atom. The number of ether oxygens (including phenoxy) is 2. The van der Waals surface area contributed by atoms with Crippen molar-refractivity contribution in [3.63, 3.8) is 0 Å². The molecule has 0 aliphatic heterocycles. The van der Waals surface area contributed by atoms with Crippen molar-refractivity contribution in [1.29, 1.82) is 0 Å². The third-order valence-corrected chi connectivity index (χ3v) is 2.23. The topological polar surface area (TPSA) is 56.3 Å².